The van der Waals surface area contributed by atoms with Gasteiger partial charge in [0.1, 0.15) is 0 Å². The summed E-state index contributed by atoms with van der Waals surface area (Å²) in [5.74, 6) is 0.606. The summed E-state index contributed by atoms with van der Waals surface area (Å²) < 4.78 is 0. The Balaban J connectivity index is 0.000000145. The van der Waals surface area contributed by atoms with Crippen LogP contribution in [0, 0.1) is 5.92 Å². The zero-order chi connectivity index (χ0) is 6.57. The Morgan fingerprint density at radius 1 is 1.75 bits per heavy atom. The van der Waals surface area contributed by atoms with Crippen LogP contribution in [-0.4, -0.2) is 17.8 Å². The number of hydrogen-bond acceptors (Lipinski definition) is 2. The average Bonchev–Trinajstić information content (AvgIpc) is 2.22. The first-order chi connectivity index (χ1) is 3.72. The van der Waals surface area contributed by atoms with Crippen molar-refractivity contribution < 1.29 is 5.11 Å². The predicted molar refractivity (Wildman–Crippen MR) is 34.5 cm³/mol. The van der Waals surface area contributed by atoms with Gasteiger partial charge in [0, 0.05) is 0 Å². The SMILES string of the molecule is CC1CC1O.CCN. The molecule has 0 heterocycles. The molecule has 1 fully saturated rings. The molecule has 2 nitrogen and oxygen atoms in total. The Morgan fingerprint density at radius 3 is 1.88 bits per heavy atom. The molecule has 1 aliphatic rings. The minimum atomic E-state index is 0.0509. The van der Waals surface area contributed by atoms with Gasteiger partial charge >= 0.3 is 0 Å². The highest BCUT2D eigenvalue weighted by molar-refractivity contribution is 4.80. The first-order valence-electron chi connectivity index (χ1n) is 3.10. The van der Waals surface area contributed by atoms with Gasteiger partial charge in [0.05, 0.1) is 6.10 Å². The maximum absolute atomic E-state index is 8.44. The lowest BCUT2D eigenvalue weighted by Crippen LogP contribution is -1.87. The van der Waals surface area contributed by atoms with Crippen LogP contribution in [0.4, 0.5) is 0 Å². The summed E-state index contributed by atoms with van der Waals surface area (Å²) in [5, 5.41) is 8.44. The van der Waals surface area contributed by atoms with Crippen LogP contribution in [0.1, 0.15) is 20.3 Å². The molecule has 0 aliphatic heterocycles. The van der Waals surface area contributed by atoms with E-state index in [0.717, 1.165) is 13.0 Å². The molecule has 0 aromatic rings. The van der Waals surface area contributed by atoms with Gasteiger partial charge in [-0.25, -0.2) is 0 Å². The third-order valence-electron chi connectivity index (χ3n) is 1.07. The van der Waals surface area contributed by atoms with Gasteiger partial charge in [0.2, 0.25) is 0 Å². The number of hydrogen-bond donors (Lipinski definition) is 2. The van der Waals surface area contributed by atoms with Crippen LogP contribution in [0.5, 0.6) is 0 Å². The van der Waals surface area contributed by atoms with E-state index in [0.29, 0.717) is 5.92 Å². The summed E-state index contributed by atoms with van der Waals surface area (Å²) in [6.07, 6.45) is 1.08. The lowest BCUT2D eigenvalue weighted by atomic mass is 10.5. The van der Waals surface area contributed by atoms with Crippen molar-refractivity contribution in [2.24, 2.45) is 11.7 Å². The lowest BCUT2D eigenvalue weighted by molar-refractivity contribution is 0.263. The molecule has 8 heavy (non-hydrogen) atoms. The van der Waals surface area contributed by atoms with E-state index in [9.17, 15) is 0 Å². The highest BCUT2D eigenvalue weighted by Gasteiger charge is 2.29. The molecule has 0 radical (unpaired) electrons. The Kier molecular flexibility index (Phi) is 3.83. The molecule has 2 atom stereocenters. The minimum absolute atomic E-state index is 0.0509. The predicted octanol–water partition coefficient (Wildman–Crippen LogP) is 0.352. The standard InChI is InChI=1S/C4H8O.C2H7N/c1-3-2-4(3)5;1-2-3/h3-5H,2H2,1H3;2-3H2,1H3. The summed E-state index contributed by atoms with van der Waals surface area (Å²) in [7, 11) is 0. The molecule has 0 saturated heterocycles. The zero-order valence-corrected chi connectivity index (χ0v) is 5.59. The second-order valence-corrected chi connectivity index (χ2v) is 2.19. The molecule has 50 valence electrons. The van der Waals surface area contributed by atoms with E-state index < -0.39 is 0 Å². The monoisotopic (exact) mass is 117 g/mol. The van der Waals surface area contributed by atoms with Crippen LogP contribution in [0.2, 0.25) is 0 Å². The minimum Gasteiger partial charge on any atom is -0.393 e. The highest BCUT2D eigenvalue weighted by atomic mass is 16.3. The Bertz CT molecular complexity index is 50.5. The molecular weight excluding hydrogens is 102 g/mol. The van der Waals surface area contributed by atoms with Gasteiger partial charge in [0.25, 0.3) is 0 Å². The van der Waals surface area contributed by atoms with Gasteiger partial charge in [-0.3, -0.25) is 0 Å². The fourth-order valence-electron chi connectivity index (χ4n) is 0.302. The summed E-state index contributed by atoms with van der Waals surface area (Å²) >= 11 is 0. The fraction of sp³-hybridized carbons (Fsp3) is 1.00. The number of rotatable bonds is 0. The normalized spacial score (nSPS) is 33.0. The summed E-state index contributed by atoms with van der Waals surface area (Å²) in [5.41, 5.74) is 4.85. The summed E-state index contributed by atoms with van der Waals surface area (Å²) in [6, 6.07) is 0. The number of nitrogens with two attached hydrogens (primary N) is 1. The molecule has 3 N–H and O–H groups in total. The van der Waals surface area contributed by atoms with Crippen LogP contribution in [-0.2, 0) is 0 Å². The molecule has 0 bridgehead atoms. The molecule has 0 spiro atoms. The Morgan fingerprint density at radius 2 is 1.88 bits per heavy atom. The zero-order valence-electron chi connectivity index (χ0n) is 5.59. The van der Waals surface area contributed by atoms with Gasteiger partial charge in [-0.1, -0.05) is 13.8 Å². The van der Waals surface area contributed by atoms with E-state index in [2.05, 4.69) is 0 Å². The van der Waals surface area contributed by atoms with E-state index >= 15 is 0 Å². The van der Waals surface area contributed by atoms with Crippen molar-refractivity contribution in [1.82, 2.24) is 0 Å². The first-order valence-corrected chi connectivity index (χ1v) is 3.10. The van der Waals surface area contributed by atoms with E-state index in [1.165, 1.54) is 0 Å². The van der Waals surface area contributed by atoms with Crippen molar-refractivity contribution in [2.45, 2.75) is 26.4 Å². The van der Waals surface area contributed by atoms with Gasteiger partial charge < -0.3 is 10.8 Å². The van der Waals surface area contributed by atoms with Crippen LogP contribution < -0.4 is 5.73 Å². The summed E-state index contributed by atoms with van der Waals surface area (Å²) in [6.45, 7) is 4.70. The van der Waals surface area contributed by atoms with E-state index in [-0.39, 0.29) is 6.10 Å². The molecule has 1 saturated carbocycles. The maximum atomic E-state index is 8.44. The molecule has 1 aliphatic carbocycles. The van der Waals surface area contributed by atoms with Crippen LogP contribution in [0.25, 0.3) is 0 Å². The molecule has 0 amide bonds. The van der Waals surface area contributed by atoms with Crippen molar-refractivity contribution >= 4 is 0 Å². The number of aliphatic hydroxyl groups is 1. The summed E-state index contributed by atoms with van der Waals surface area (Å²) in [4.78, 5) is 0. The molecular formula is C6H15NO. The molecule has 1 rings (SSSR count). The second-order valence-electron chi connectivity index (χ2n) is 2.19. The van der Waals surface area contributed by atoms with Gasteiger partial charge in [-0.05, 0) is 18.9 Å². The average molecular weight is 117 g/mol. The molecule has 0 aromatic heterocycles. The fourth-order valence-corrected chi connectivity index (χ4v) is 0.302. The Labute approximate surface area is 50.7 Å². The van der Waals surface area contributed by atoms with Crippen molar-refractivity contribution in [1.29, 1.82) is 0 Å². The van der Waals surface area contributed by atoms with Crippen molar-refractivity contribution in [2.75, 3.05) is 6.54 Å². The van der Waals surface area contributed by atoms with E-state index in [1.807, 2.05) is 13.8 Å². The van der Waals surface area contributed by atoms with Crippen molar-refractivity contribution in [3.05, 3.63) is 0 Å². The number of aliphatic hydroxyl groups excluding tert-OH is 1. The third-order valence-corrected chi connectivity index (χ3v) is 1.07. The van der Waals surface area contributed by atoms with Crippen molar-refractivity contribution in [3.63, 3.8) is 0 Å². The van der Waals surface area contributed by atoms with Gasteiger partial charge in [-0.15, -0.1) is 0 Å². The largest absolute Gasteiger partial charge is 0.393 e. The van der Waals surface area contributed by atoms with Crippen molar-refractivity contribution in [3.8, 4) is 0 Å². The topological polar surface area (TPSA) is 46.2 Å². The van der Waals surface area contributed by atoms with Crippen LogP contribution >= 0.6 is 0 Å². The molecule has 2 heteroatoms. The van der Waals surface area contributed by atoms with Gasteiger partial charge in [-0.2, -0.15) is 0 Å². The smallest absolute Gasteiger partial charge is 0.0570 e. The molecule has 0 aromatic carbocycles. The first kappa shape index (κ1) is 7.92. The highest BCUT2D eigenvalue weighted by Crippen LogP contribution is 2.27. The second kappa shape index (κ2) is 3.87. The molecule has 2 unspecified atom stereocenters. The van der Waals surface area contributed by atoms with Crippen LogP contribution in [0.15, 0.2) is 0 Å². The van der Waals surface area contributed by atoms with Gasteiger partial charge in [0.15, 0.2) is 0 Å². The van der Waals surface area contributed by atoms with Crippen LogP contribution in [0.3, 0.4) is 0 Å². The maximum Gasteiger partial charge on any atom is 0.0570 e. The van der Waals surface area contributed by atoms with E-state index in [4.69, 9.17) is 10.8 Å². The third kappa shape index (κ3) is 4.09. The van der Waals surface area contributed by atoms with E-state index in [1.54, 1.807) is 0 Å². The quantitative estimate of drug-likeness (QED) is 0.481. The lowest BCUT2D eigenvalue weighted by Gasteiger charge is -1.68. The Hall–Kier alpha value is -0.0800.